The maximum Gasteiger partial charge on any atom is 0.118 e. The molecule has 0 amide bonds. The van der Waals surface area contributed by atoms with E-state index in [0.29, 0.717) is 6.04 Å². The van der Waals surface area contributed by atoms with Gasteiger partial charge in [-0.1, -0.05) is 19.1 Å². The van der Waals surface area contributed by atoms with Crippen molar-refractivity contribution in [1.29, 1.82) is 0 Å². The Kier molecular flexibility index (Phi) is 6.14. The summed E-state index contributed by atoms with van der Waals surface area (Å²) in [7, 11) is 3.64. The molecule has 0 spiro atoms. The number of hydrogen-bond acceptors (Lipinski definition) is 4. The summed E-state index contributed by atoms with van der Waals surface area (Å²) in [6.45, 7) is 3.20. The number of nitrogens with zero attached hydrogens (tertiary/aromatic N) is 2. The Hall–Kier alpha value is -1.46. The molecule has 1 unspecified atom stereocenters. The average molecular weight is 305 g/mol. The Labute approximate surface area is 130 Å². The molecule has 5 heteroatoms. The number of thioether (sulfide) groups is 1. The molecule has 0 fully saturated rings. The highest BCUT2D eigenvalue weighted by molar-refractivity contribution is 7.99. The minimum atomic E-state index is 0.334. The molecule has 0 aliphatic rings. The molecule has 0 aliphatic carbocycles. The number of aromatic nitrogens is 2. The standard InChI is InChI=1S/C16H23N3OS/c1-4-9-17-16(12-21-15-10-18-19(2)11-15)13-5-7-14(20-3)8-6-13/h5-8,10-11,16-17H,4,9,12H2,1-3H3. The Morgan fingerprint density at radius 3 is 2.67 bits per heavy atom. The fourth-order valence-electron chi connectivity index (χ4n) is 2.08. The zero-order valence-electron chi connectivity index (χ0n) is 12.9. The number of ether oxygens (including phenoxy) is 1. The second-order valence-electron chi connectivity index (χ2n) is 4.94. The molecule has 1 atom stereocenters. The minimum absolute atomic E-state index is 0.334. The van der Waals surface area contributed by atoms with Crippen molar-refractivity contribution in [1.82, 2.24) is 15.1 Å². The van der Waals surface area contributed by atoms with Crippen LogP contribution in [0.4, 0.5) is 0 Å². The van der Waals surface area contributed by atoms with E-state index in [9.17, 15) is 0 Å². The van der Waals surface area contributed by atoms with E-state index in [0.717, 1.165) is 24.5 Å². The number of rotatable bonds is 8. The molecule has 21 heavy (non-hydrogen) atoms. The molecule has 0 aliphatic heterocycles. The van der Waals surface area contributed by atoms with Crippen LogP contribution in [-0.4, -0.2) is 29.2 Å². The zero-order valence-corrected chi connectivity index (χ0v) is 13.7. The van der Waals surface area contributed by atoms with Crippen LogP contribution in [0.2, 0.25) is 0 Å². The van der Waals surface area contributed by atoms with Crippen LogP contribution in [0, 0.1) is 0 Å². The van der Waals surface area contributed by atoms with Crippen molar-refractivity contribution in [3.8, 4) is 5.75 Å². The van der Waals surface area contributed by atoms with Crippen LogP contribution < -0.4 is 10.1 Å². The van der Waals surface area contributed by atoms with Crippen LogP contribution in [0.5, 0.6) is 5.75 Å². The third-order valence-corrected chi connectivity index (χ3v) is 4.30. The minimum Gasteiger partial charge on any atom is -0.497 e. The van der Waals surface area contributed by atoms with Gasteiger partial charge < -0.3 is 10.1 Å². The third-order valence-electron chi connectivity index (χ3n) is 3.26. The Balaban J connectivity index is 2.01. The van der Waals surface area contributed by atoms with Crippen LogP contribution in [-0.2, 0) is 7.05 Å². The molecule has 0 bridgehead atoms. The van der Waals surface area contributed by atoms with Crippen molar-refractivity contribution in [2.75, 3.05) is 19.4 Å². The maximum atomic E-state index is 5.23. The van der Waals surface area contributed by atoms with Gasteiger partial charge >= 0.3 is 0 Å². The van der Waals surface area contributed by atoms with Gasteiger partial charge in [-0.25, -0.2) is 0 Å². The summed E-state index contributed by atoms with van der Waals surface area (Å²) in [5.74, 6) is 1.88. The first kappa shape index (κ1) is 15.9. The summed E-state index contributed by atoms with van der Waals surface area (Å²) < 4.78 is 7.06. The molecule has 1 heterocycles. The topological polar surface area (TPSA) is 39.1 Å². The van der Waals surface area contributed by atoms with Crippen molar-refractivity contribution in [3.63, 3.8) is 0 Å². The van der Waals surface area contributed by atoms with Gasteiger partial charge in [0.15, 0.2) is 0 Å². The smallest absolute Gasteiger partial charge is 0.118 e. The van der Waals surface area contributed by atoms with Gasteiger partial charge in [0.25, 0.3) is 0 Å². The number of nitrogens with one attached hydrogen (secondary N) is 1. The number of benzene rings is 1. The fourth-order valence-corrected chi connectivity index (χ4v) is 3.10. The lowest BCUT2D eigenvalue weighted by Gasteiger charge is -2.18. The van der Waals surface area contributed by atoms with Gasteiger partial charge in [-0.15, -0.1) is 11.8 Å². The van der Waals surface area contributed by atoms with E-state index in [1.165, 1.54) is 10.5 Å². The summed E-state index contributed by atoms with van der Waals surface area (Å²) in [5.41, 5.74) is 1.29. The van der Waals surface area contributed by atoms with Crippen LogP contribution in [0.1, 0.15) is 24.9 Å². The molecule has 1 N–H and O–H groups in total. The van der Waals surface area contributed by atoms with E-state index in [-0.39, 0.29) is 0 Å². The number of methoxy groups -OCH3 is 1. The Bertz CT molecular complexity index is 539. The van der Waals surface area contributed by atoms with Crippen molar-refractivity contribution in [2.45, 2.75) is 24.3 Å². The third kappa shape index (κ3) is 4.79. The predicted molar refractivity (Wildman–Crippen MR) is 88.0 cm³/mol. The molecule has 2 aromatic rings. The lowest BCUT2D eigenvalue weighted by Crippen LogP contribution is -2.24. The highest BCUT2D eigenvalue weighted by Gasteiger charge is 2.12. The van der Waals surface area contributed by atoms with E-state index in [1.54, 1.807) is 7.11 Å². The molecule has 2 rings (SSSR count). The predicted octanol–water partition coefficient (Wildman–Crippen LogP) is 3.26. The normalized spacial score (nSPS) is 12.3. The number of hydrogen-bond donors (Lipinski definition) is 1. The van der Waals surface area contributed by atoms with Crippen LogP contribution >= 0.6 is 11.8 Å². The first-order valence-corrected chi connectivity index (χ1v) is 8.20. The highest BCUT2D eigenvalue weighted by atomic mass is 32.2. The molecule has 1 aromatic carbocycles. The summed E-state index contributed by atoms with van der Waals surface area (Å²) in [6, 6.07) is 8.64. The molecule has 0 radical (unpaired) electrons. The summed E-state index contributed by atoms with van der Waals surface area (Å²) in [4.78, 5) is 1.20. The summed E-state index contributed by atoms with van der Waals surface area (Å²) >= 11 is 1.83. The quantitative estimate of drug-likeness (QED) is 0.760. The lowest BCUT2D eigenvalue weighted by atomic mass is 10.1. The van der Waals surface area contributed by atoms with Crippen LogP contribution in [0.3, 0.4) is 0 Å². The van der Waals surface area contributed by atoms with Crippen molar-refractivity contribution in [3.05, 3.63) is 42.2 Å². The van der Waals surface area contributed by atoms with Gasteiger partial charge in [-0.05, 0) is 30.7 Å². The monoisotopic (exact) mass is 305 g/mol. The van der Waals surface area contributed by atoms with E-state index in [2.05, 4.69) is 35.7 Å². The van der Waals surface area contributed by atoms with Gasteiger partial charge in [0, 0.05) is 29.9 Å². The molecular weight excluding hydrogens is 282 g/mol. The molecule has 0 saturated heterocycles. The molecule has 4 nitrogen and oxygen atoms in total. The van der Waals surface area contributed by atoms with Crippen LogP contribution in [0.15, 0.2) is 41.6 Å². The Morgan fingerprint density at radius 1 is 1.33 bits per heavy atom. The first-order valence-electron chi connectivity index (χ1n) is 7.21. The highest BCUT2D eigenvalue weighted by Crippen LogP contribution is 2.25. The van der Waals surface area contributed by atoms with Crippen molar-refractivity contribution in [2.24, 2.45) is 7.05 Å². The van der Waals surface area contributed by atoms with Gasteiger partial charge in [0.05, 0.1) is 13.3 Å². The molecule has 0 saturated carbocycles. The van der Waals surface area contributed by atoms with E-state index in [1.807, 2.05) is 41.8 Å². The van der Waals surface area contributed by atoms with Crippen molar-refractivity contribution >= 4 is 11.8 Å². The lowest BCUT2D eigenvalue weighted by molar-refractivity contribution is 0.414. The van der Waals surface area contributed by atoms with Gasteiger partial charge in [-0.3, -0.25) is 4.68 Å². The zero-order chi connectivity index (χ0) is 15.1. The van der Waals surface area contributed by atoms with E-state index >= 15 is 0 Å². The summed E-state index contributed by atoms with van der Waals surface area (Å²) in [5, 5.41) is 7.82. The second kappa shape index (κ2) is 8.10. The fraction of sp³-hybridized carbons (Fsp3) is 0.438. The first-order chi connectivity index (χ1) is 10.2. The molecular formula is C16H23N3OS. The van der Waals surface area contributed by atoms with E-state index in [4.69, 9.17) is 4.74 Å². The van der Waals surface area contributed by atoms with Gasteiger partial charge in [-0.2, -0.15) is 5.10 Å². The number of aryl methyl sites for hydroxylation is 1. The van der Waals surface area contributed by atoms with Crippen molar-refractivity contribution < 1.29 is 4.74 Å². The SMILES string of the molecule is CCCNC(CSc1cnn(C)c1)c1ccc(OC)cc1. The van der Waals surface area contributed by atoms with Gasteiger partial charge in [0.2, 0.25) is 0 Å². The van der Waals surface area contributed by atoms with E-state index < -0.39 is 0 Å². The molecule has 114 valence electrons. The largest absolute Gasteiger partial charge is 0.497 e. The van der Waals surface area contributed by atoms with Crippen LogP contribution in [0.25, 0.3) is 0 Å². The average Bonchev–Trinajstić information content (AvgIpc) is 2.93. The summed E-state index contributed by atoms with van der Waals surface area (Å²) in [6.07, 6.45) is 5.09. The Morgan fingerprint density at radius 2 is 2.10 bits per heavy atom. The maximum absolute atomic E-state index is 5.23. The molecule has 1 aromatic heterocycles. The van der Waals surface area contributed by atoms with Gasteiger partial charge in [0.1, 0.15) is 5.75 Å². The second-order valence-corrected chi connectivity index (χ2v) is 6.03.